The van der Waals surface area contributed by atoms with Crippen molar-refractivity contribution in [2.24, 2.45) is 0 Å². The first-order valence-corrected chi connectivity index (χ1v) is 9.62. The summed E-state index contributed by atoms with van der Waals surface area (Å²) in [6.07, 6.45) is 10.9. The molecule has 0 saturated heterocycles. The van der Waals surface area contributed by atoms with Gasteiger partial charge in [-0.3, -0.25) is 4.79 Å². The van der Waals surface area contributed by atoms with Crippen molar-refractivity contribution in [1.29, 1.82) is 0 Å². The topological polar surface area (TPSA) is 42.0 Å². The quantitative estimate of drug-likeness (QED) is 0.799. The minimum absolute atomic E-state index is 0.0107. The van der Waals surface area contributed by atoms with E-state index >= 15 is 0 Å². The predicted molar refractivity (Wildman–Crippen MR) is 91.7 cm³/mol. The van der Waals surface area contributed by atoms with Crippen molar-refractivity contribution in [2.75, 3.05) is 0 Å². The van der Waals surface area contributed by atoms with E-state index in [1.54, 1.807) is 17.8 Å². The number of carbonyl (C=O) groups excluding carboxylic acids is 1. The number of amides is 1. The summed E-state index contributed by atoms with van der Waals surface area (Å²) in [5.41, 5.74) is 0.687. The predicted octanol–water partition coefficient (Wildman–Crippen LogP) is 4.83. The standard InChI is InChI=1S/C17H23ClN2OS/c18-15-11-10-14(16(21)19-12-6-2-1-3-7-12)17(20-15)22-13-8-4-5-9-13/h10-13H,1-9H2,(H,19,21). The summed E-state index contributed by atoms with van der Waals surface area (Å²) in [7, 11) is 0. The van der Waals surface area contributed by atoms with Crippen LogP contribution in [0.2, 0.25) is 5.15 Å². The Labute approximate surface area is 141 Å². The summed E-state index contributed by atoms with van der Waals surface area (Å²) >= 11 is 7.77. The first-order chi connectivity index (χ1) is 10.7. The van der Waals surface area contributed by atoms with Gasteiger partial charge in [0.25, 0.3) is 5.91 Å². The molecule has 2 saturated carbocycles. The maximum atomic E-state index is 12.6. The van der Waals surface area contributed by atoms with E-state index in [1.807, 2.05) is 6.07 Å². The summed E-state index contributed by atoms with van der Waals surface area (Å²) in [6, 6.07) is 3.86. The molecule has 0 unspecified atom stereocenters. The van der Waals surface area contributed by atoms with E-state index < -0.39 is 0 Å². The molecular weight excluding hydrogens is 316 g/mol. The van der Waals surface area contributed by atoms with E-state index in [0.717, 1.165) is 17.9 Å². The average Bonchev–Trinajstić information content (AvgIpc) is 3.01. The van der Waals surface area contributed by atoms with Gasteiger partial charge in [0.2, 0.25) is 0 Å². The van der Waals surface area contributed by atoms with Gasteiger partial charge in [-0.15, -0.1) is 11.8 Å². The Balaban J connectivity index is 1.71. The molecule has 0 bridgehead atoms. The van der Waals surface area contributed by atoms with Gasteiger partial charge in [-0.05, 0) is 37.8 Å². The van der Waals surface area contributed by atoms with Crippen LogP contribution in [0.15, 0.2) is 17.2 Å². The van der Waals surface area contributed by atoms with Crippen molar-refractivity contribution < 1.29 is 4.79 Å². The largest absolute Gasteiger partial charge is 0.349 e. The molecule has 0 spiro atoms. The fraction of sp³-hybridized carbons (Fsp3) is 0.647. The van der Waals surface area contributed by atoms with Gasteiger partial charge in [0, 0.05) is 11.3 Å². The molecule has 1 N–H and O–H groups in total. The maximum absolute atomic E-state index is 12.6. The third-order valence-corrected chi connectivity index (χ3v) is 6.14. The molecule has 0 atom stereocenters. The second-order valence-electron chi connectivity index (χ2n) is 6.32. The lowest BCUT2D eigenvalue weighted by Crippen LogP contribution is -2.36. The normalized spacial score (nSPS) is 20.2. The first-order valence-electron chi connectivity index (χ1n) is 8.36. The monoisotopic (exact) mass is 338 g/mol. The van der Waals surface area contributed by atoms with Gasteiger partial charge in [-0.1, -0.05) is 43.7 Å². The Morgan fingerprint density at radius 3 is 2.50 bits per heavy atom. The number of carbonyl (C=O) groups is 1. The number of thioether (sulfide) groups is 1. The molecule has 0 radical (unpaired) electrons. The second kappa shape index (κ2) is 7.69. The van der Waals surface area contributed by atoms with E-state index in [9.17, 15) is 4.79 Å². The highest BCUT2D eigenvalue weighted by atomic mass is 35.5. The lowest BCUT2D eigenvalue weighted by Gasteiger charge is -2.23. The average molecular weight is 339 g/mol. The van der Waals surface area contributed by atoms with Gasteiger partial charge in [-0.2, -0.15) is 0 Å². The van der Waals surface area contributed by atoms with E-state index in [4.69, 9.17) is 11.6 Å². The number of hydrogen-bond acceptors (Lipinski definition) is 3. The molecule has 22 heavy (non-hydrogen) atoms. The fourth-order valence-corrected chi connectivity index (χ4v) is 4.88. The maximum Gasteiger partial charge on any atom is 0.254 e. The van der Waals surface area contributed by atoms with Crippen molar-refractivity contribution in [2.45, 2.75) is 74.1 Å². The number of rotatable bonds is 4. The lowest BCUT2D eigenvalue weighted by molar-refractivity contribution is 0.0924. The molecule has 2 fully saturated rings. The Bertz CT molecular complexity index is 525. The van der Waals surface area contributed by atoms with Crippen LogP contribution < -0.4 is 5.32 Å². The van der Waals surface area contributed by atoms with Crippen LogP contribution in [-0.4, -0.2) is 22.2 Å². The molecule has 1 aromatic heterocycles. The molecule has 2 aliphatic carbocycles. The number of nitrogens with zero attached hydrogens (tertiary/aromatic N) is 1. The fourth-order valence-electron chi connectivity index (χ4n) is 3.35. The van der Waals surface area contributed by atoms with Gasteiger partial charge < -0.3 is 5.32 Å². The zero-order chi connectivity index (χ0) is 15.4. The van der Waals surface area contributed by atoms with Gasteiger partial charge in [-0.25, -0.2) is 4.98 Å². The van der Waals surface area contributed by atoms with Gasteiger partial charge in [0.05, 0.1) is 5.56 Å². The molecule has 0 aliphatic heterocycles. The highest BCUT2D eigenvalue weighted by molar-refractivity contribution is 7.99. The van der Waals surface area contributed by atoms with Crippen molar-refractivity contribution >= 4 is 29.3 Å². The van der Waals surface area contributed by atoms with Crippen LogP contribution in [0.3, 0.4) is 0 Å². The van der Waals surface area contributed by atoms with Crippen LogP contribution in [-0.2, 0) is 0 Å². The zero-order valence-corrected chi connectivity index (χ0v) is 14.4. The number of halogens is 1. The molecule has 3 rings (SSSR count). The van der Waals surface area contributed by atoms with Crippen molar-refractivity contribution in [1.82, 2.24) is 10.3 Å². The van der Waals surface area contributed by atoms with Crippen molar-refractivity contribution in [3.8, 4) is 0 Å². The van der Waals surface area contributed by atoms with Crippen LogP contribution in [0.1, 0.15) is 68.1 Å². The molecule has 2 aliphatic rings. The van der Waals surface area contributed by atoms with Crippen LogP contribution >= 0.6 is 23.4 Å². The van der Waals surface area contributed by atoms with Crippen LogP contribution in [0.5, 0.6) is 0 Å². The van der Waals surface area contributed by atoms with Gasteiger partial charge in [0.15, 0.2) is 0 Å². The molecule has 120 valence electrons. The number of pyridine rings is 1. The van der Waals surface area contributed by atoms with E-state index in [0.29, 0.717) is 22.0 Å². The highest BCUT2D eigenvalue weighted by Crippen LogP contribution is 2.36. The van der Waals surface area contributed by atoms with E-state index in [-0.39, 0.29) is 5.91 Å². The van der Waals surface area contributed by atoms with Crippen molar-refractivity contribution in [3.05, 3.63) is 22.8 Å². The van der Waals surface area contributed by atoms with Gasteiger partial charge >= 0.3 is 0 Å². The lowest BCUT2D eigenvalue weighted by atomic mass is 9.95. The van der Waals surface area contributed by atoms with E-state index in [1.165, 1.54) is 44.9 Å². The Morgan fingerprint density at radius 2 is 1.77 bits per heavy atom. The molecule has 1 amide bonds. The third kappa shape index (κ3) is 4.17. The molecule has 0 aromatic carbocycles. The Kier molecular flexibility index (Phi) is 5.64. The molecule has 1 heterocycles. The summed E-state index contributed by atoms with van der Waals surface area (Å²) in [6.45, 7) is 0. The molecular formula is C17H23ClN2OS. The van der Waals surface area contributed by atoms with Crippen LogP contribution in [0.25, 0.3) is 0 Å². The first kappa shape index (κ1) is 16.1. The summed E-state index contributed by atoms with van der Waals surface area (Å²) < 4.78 is 0. The molecule has 1 aromatic rings. The minimum atomic E-state index is 0.0107. The number of aromatic nitrogens is 1. The Hall–Kier alpha value is -0.740. The van der Waals surface area contributed by atoms with Crippen LogP contribution in [0, 0.1) is 0 Å². The number of hydrogen-bond donors (Lipinski definition) is 1. The summed E-state index contributed by atoms with van der Waals surface area (Å²) in [5.74, 6) is 0.0107. The van der Waals surface area contributed by atoms with Gasteiger partial charge in [0.1, 0.15) is 10.2 Å². The molecule has 3 nitrogen and oxygen atoms in total. The summed E-state index contributed by atoms with van der Waals surface area (Å²) in [4.78, 5) is 17.0. The Morgan fingerprint density at radius 1 is 1.09 bits per heavy atom. The smallest absolute Gasteiger partial charge is 0.254 e. The van der Waals surface area contributed by atoms with Crippen molar-refractivity contribution in [3.63, 3.8) is 0 Å². The minimum Gasteiger partial charge on any atom is -0.349 e. The van der Waals surface area contributed by atoms with Crippen LogP contribution in [0.4, 0.5) is 0 Å². The zero-order valence-electron chi connectivity index (χ0n) is 12.8. The summed E-state index contributed by atoms with van der Waals surface area (Å²) in [5, 5.41) is 5.03. The third-order valence-electron chi connectivity index (χ3n) is 4.59. The SMILES string of the molecule is O=C(NC1CCCCC1)c1ccc(Cl)nc1SC1CCCC1. The van der Waals surface area contributed by atoms with E-state index in [2.05, 4.69) is 10.3 Å². The molecule has 5 heteroatoms. The number of nitrogens with one attached hydrogen (secondary N) is 1. The highest BCUT2D eigenvalue weighted by Gasteiger charge is 2.23. The second-order valence-corrected chi connectivity index (χ2v) is 8.00.